The number of carbonyl (C=O) groups is 1. The fourth-order valence-electron chi connectivity index (χ4n) is 2.83. The van der Waals surface area contributed by atoms with E-state index >= 15 is 0 Å². The standard InChI is InChI=1S/C22H25N3O4S/c1-5-15-6-8-16(9-7-15)13-25(2)20(26)14-30-22-24-23-21(29-22)18-11-10-17(27-3)12-19(18)28-4/h6-12H,5,13-14H2,1-4H3. The van der Waals surface area contributed by atoms with Crippen molar-refractivity contribution in [2.45, 2.75) is 25.1 Å². The van der Waals surface area contributed by atoms with Crippen LogP contribution >= 0.6 is 11.8 Å². The molecule has 0 N–H and O–H groups in total. The second kappa shape index (κ2) is 10.2. The summed E-state index contributed by atoms with van der Waals surface area (Å²) in [6.45, 7) is 2.68. The van der Waals surface area contributed by atoms with Gasteiger partial charge in [-0.25, -0.2) is 0 Å². The van der Waals surface area contributed by atoms with Gasteiger partial charge in [-0.15, -0.1) is 10.2 Å². The predicted octanol–water partition coefficient (Wildman–Crippen LogP) is 4.07. The summed E-state index contributed by atoms with van der Waals surface area (Å²) >= 11 is 1.21. The number of rotatable bonds is 9. The highest BCUT2D eigenvalue weighted by molar-refractivity contribution is 7.99. The molecule has 1 aromatic heterocycles. The van der Waals surface area contributed by atoms with E-state index in [2.05, 4.69) is 41.4 Å². The van der Waals surface area contributed by atoms with E-state index in [9.17, 15) is 4.79 Å². The van der Waals surface area contributed by atoms with Crippen LogP contribution in [-0.2, 0) is 17.8 Å². The summed E-state index contributed by atoms with van der Waals surface area (Å²) in [4.78, 5) is 14.2. The van der Waals surface area contributed by atoms with Crippen LogP contribution in [0.5, 0.6) is 11.5 Å². The molecule has 0 unspecified atom stereocenters. The maximum Gasteiger partial charge on any atom is 0.277 e. The summed E-state index contributed by atoms with van der Waals surface area (Å²) in [7, 11) is 4.94. The minimum Gasteiger partial charge on any atom is -0.497 e. The zero-order chi connectivity index (χ0) is 21.5. The normalized spacial score (nSPS) is 10.7. The van der Waals surface area contributed by atoms with Gasteiger partial charge in [-0.05, 0) is 29.7 Å². The van der Waals surface area contributed by atoms with Crippen molar-refractivity contribution in [1.29, 1.82) is 0 Å². The summed E-state index contributed by atoms with van der Waals surface area (Å²) in [6, 6.07) is 13.6. The van der Waals surface area contributed by atoms with Crippen LogP contribution in [0, 0.1) is 0 Å². The van der Waals surface area contributed by atoms with Gasteiger partial charge in [0, 0.05) is 19.7 Å². The van der Waals surface area contributed by atoms with E-state index in [0.717, 1.165) is 12.0 Å². The fourth-order valence-corrected chi connectivity index (χ4v) is 3.53. The number of aryl methyl sites for hydroxylation is 1. The Kier molecular flexibility index (Phi) is 7.35. The molecule has 8 heteroatoms. The molecule has 0 saturated carbocycles. The van der Waals surface area contributed by atoms with Gasteiger partial charge in [0.05, 0.1) is 25.5 Å². The monoisotopic (exact) mass is 427 g/mol. The van der Waals surface area contributed by atoms with Gasteiger partial charge in [-0.2, -0.15) is 0 Å². The molecule has 3 aromatic rings. The van der Waals surface area contributed by atoms with Gasteiger partial charge < -0.3 is 18.8 Å². The fraction of sp³-hybridized carbons (Fsp3) is 0.318. The summed E-state index contributed by atoms with van der Waals surface area (Å²) in [6.07, 6.45) is 1.00. The lowest BCUT2D eigenvalue weighted by molar-refractivity contribution is -0.127. The van der Waals surface area contributed by atoms with E-state index in [-0.39, 0.29) is 11.7 Å². The molecule has 0 aliphatic rings. The first-order chi connectivity index (χ1) is 14.5. The summed E-state index contributed by atoms with van der Waals surface area (Å²) in [5, 5.41) is 8.44. The zero-order valence-electron chi connectivity index (χ0n) is 17.5. The number of hydrogen-bond donors (Lipinski definition) is 0. The summed E-state index contributed by atoms with van der Waals surface area (Å²) < 4.78 is 16.3. The van der Waals surface area contributed by atoms with Crippen molar-refractivity contribution in [3.05, 3.63) is 53.6 Å². The number of ether oxygens (including phenoxy) is 2. The first-order valence-electron chi connectivity index (χ1n) is 9.54. The van der Waals surface area contributed by atoms with Crippen LogP contribution in [0.4, 0.5) is 0 Å². The number of thioether (sulfide) groups is 1. The molecule has 1 amide bonds. The maximum absolute atomic E-state index is 12.5. The van der Waals surface area contributed by atoms with Gasteiger partial charge in [-0.3, -0.25) is 4.79 Å². The Morgan fingerprint density at radius 1 is 1.07 bits per heavy atom. The lowest BCUT2D eigenvalue weighted by Crippen LogP contribution is -2.27. The molecule has 7 nitrogen and oxygen atoms in total. The second-order valence-corrected chi connectivity index (χ2v) is 7.57. The molecule has 158 valence electrons. The third-order valence-corrected chi connectivity index (χ3v) is 5.44. The van der Waals surface area contributed by atoms with Crippen LogP contribution < -0.4 is 9.47 Å². The van der Waals surface area contributed by atoms with Crippen LogP contribution in [0.15, 0.2) is 52.1 Å². The lowest BCUT2D eigenvalue weighted by atomic mass is 10.1. The van der Waals surface area contributed by atoms with Gasteiger partial charge in [0.25, 0.3) is 11.1 Å². The molecule has 2 aromatic carbocycles. The van der Waals surface area contributed by atoms with Crippen LogP contribution in [0.3, 0.4) is 0 Å². The molecule has 30 heavy (non-hydrogen) atoms. The number of nitrogens with zero attached hydrogens (tertiary/aromatic N) is 3. The number of hydrogen-bond acceptors (Lipinski definition) is 7. The highest BCUT2D eigenvalue weighted by atomic mass is 32.2. The largest absolute Gasteiger partial charge is 0.497 e. The molecular formula is C22H25N3O4S. The van der Waals surface area contributed by atoms with E-state index in [1.54, 1.807) is 44.4 Å². The predicted molar refractivity (Wildman–Crippen MR) is 116 cm³/mol. The van der Waals surface area contributed by atoms with Gasteiger partial charge >= 0.3 is 0 Å². The lowest BCUT2D eigenvalue weighted by Gasteiger charge is -2.16. The first-order valence-corrected chi connectivity index (χ1v) is 10.5. The molecule has 0 atom stereocenters. The SMILES string of the molecule is CCc1ccc(CN(C)C(=O)CSc2nnc(-c3ccc(OC)cc3OC)o2)cc1. The molecule has 0 aliphatic carbocycles. The van der Waals surface area contributed by atoms with Gasteiger partial charge in [0.15, 0.2) is 0 Å². The third-order valence-electron chi connectivity index (χ3n) is 4.64. The second-order valence-electron chi connectivity index (χ2n) is 6.65. The number of amides is 1. The van der Waals surface area contributed by atoms with Crippen LogP contribution in [0.2, 0.25) is 0 Å². The average molecular weight is 428 g/mol. The molecule has 0 saturated heterocycles. The Labute approximate surface area is 180 Å². The van der Waals surface area contributed by atoms with Gasteiger partial charge in [-0.1, -0.05) is 43.0 Å². The third kappa shape index (κ3) is 5.33. The van der Waals surface area contributed by atoms with E-state index < -0.39 is 0 Å². The average Bonchev–Trinajstić information content (AvgIpc) is 3.26. The molecule has 1 heterocycles. The van der Waals surface area contributed by atoms with Gasteiger partial charge in [0.2, 0.25) is 5.91 Å². The molecule has 0 bridgehead atoms. The molecule has 3 rings (SSSR count). The highest BCUT2D eigenvalue weighted by Gasteiger charge is 2.17. The van der Waals surface area contributed by atoms with Crippen LogP contribution in [-0.4, -0.2) is 48.0 Å². The molecule has 0 spiro atoms. The Morgan fingerprint density at radius 3 is 2.47 bits per heavy atom. The van der Waals surface area contributed by atoms with Crippen LogP contribution in [0.1, 0.15) is 18.1 Å². The summed E-state index contributed by atoms with van der Waals surface area (Å²) in [5.41, 5.74) is 3.04. The Morgan fingerprint density at radius 2 is 1.80 bits per heavy atom. The summed E-state index contributed by atoms with van der Waals surface area (Å²) in [5.74, 6) is 1.77. The topological polar surface area (TPSA) is 77.7 Å². The molecule has 0 radical (unpaired) electrons. The van der Waals surface area contributed by atoms with Crippen molar-refractivity contribution < 1.29 is 18.7 Å². The number of benzene rings is 2. The van der Waals surface area contributed by atoms with Crippen LogP contribution in [0.25, 0.3) is 11.5 Å². The quantitative estimate of drug-likeness (QED) is 0.476. The van der Waals surface area contributed by atoms with Crippen molar-refractivity contribution in [1.82, 2.24) is 15.1 Å². The Hall–Kier alpha value is -3.00. The van der Waals surface area contributed by atoms with E-state index in [1.165, 1.54) is 17.3 Å². The minimum atomic E-state index is -0.0126. The van der Waals surface area contributed by atoms with E-state index in [0.29, 0.717) is 34.7 Å². The molecular weight excluding hydrogens is 402 g/mol. The molecule has 0 aliphatic heterocycles. The maximum atomic E-state index is 12.5. The van der Waals surface area contributed by atoms with E-state index in [4.69, 9.17) is 13.9 Å². The number of methoxy groups -OCH3 is 2. The van der Waals surface area contributed by atoms with Crippen molar-refractivity contribution in [3.63, 3.8) is 0 Å². The molecule has 0 fully saturated rings. The zero-order valence-corrected chi connectivity index (χ0v) is 18.4. The Balaban J connectivity index is 1.58. The number of aromatic nitrogens is 2. The first kappa shape index (κ1) is 21.7. The Bertz CT molecular complexity index is 988. The highest BCUT2D eigenvalue weighted by Crippen LogP contribution is 2.33. The van der Waals surface area contributed by atoms with Crippen molar-refractivity contribution in [3.8, 4) is 23.0 Å². The van der Waals surface area contributed by atoms with E-state index in [1.807, 2.05) is 0 Å². The number of carbonyl (C=O) groups excluding carboxylic acids is 1. The van der Waals surface area contributed by atoms with Crippen molar-refractivity contribution in [2.24, 2.45) is 0 Å². The van der Waals surface area contributed by atoms with Crippen molar-refractivity contribution in [2.75, 3.05) is 27.0 Å². The van der Waals surface area contributed by atoms with Crippen molar-refractivity contribution >= 4 is 17.7 Å². The minimum absolute atomic E-state index is 0.0126. The van der Waals surface area contributed by atoms with Gasteiger partial charge in [0.1, 0.15) is 11.5 Å². The smallest absolute Gasteiger partial charge is 0.277 e.